The van der Waals surface area contributed by atoms with E-state index in [1.165, 1.54) is 14.2 Å². The Balaban J connectivity index is 2.21. The van der Waals surface area contributed by atoms with Gasteiger partial charge in [0.05, 0.1) is 25.3 Å². The molecule has 0 aliphatic rings. The van der Waals surface area contributed by atoms with Gasteiger partial charge in [-0.15, -0.1) is 0 Å². The topological polar surface area (TPSA) is 90.7 Å². The summed E-state index contributed by atoms with van der Waals surface area (Å²) in [5.41, 5.74) is 7.77. The first-order valence-corrected chi connectivity index (χ1v) is 6.96. The molecule has 0 saturated carbocycles. The van der Waals surface area contributed by atoms with Crippen LogP contribution in [0.15, 0.2) is 42.5 Å². The van der Waals surface area contributed by atoms with Crippen molar-refractivity contribution in [1.82, 2.24) is 0 Å². The molecule has 0 spiro atoms. The molecular weight excluding hydrogens is 296 g/mol. The number of hydrogen-bond donors (Lipinski definition) is 2. The van der Waals surface area contributed by atoms with Crippen LogP contribution in [0, 0.1) is 0 Å². The number of nitrogens with one attached hydrogen (secondary N) is 1. The van der Waals surface area contributed by atoms with Crippen LogP contribution in [0.3, 0.4) is 0 Å². The second-order valence-corrected chi connectivity index (χ2v) is 4.73. The number of carbonyl (C=O) groups excluding carboxylic acids is 2. The number of anilines is 1. The first-order chi connectivity index (χ1) is 11.1. The molecule has 1 amide bonds. The highest BCUT2D eigenvalue weighted by Gasteiger charge is 2.15. The maximum absolute atomic E-state index is 12.4. The van der Waals surface area contributed by atoms with Crippen LogP contribution in [-0.2, 0) is 11.3 Å². The van der Waals surface area contributed by atoms with Crippen molar-refractivity contribution in [3.05, 3.63) is 59.2 Å². The molecule has 2 aromatic rings. The Bertz CT molecular complexity index is 711. The van der Waals surface area contributed by atoms with Gasteiger partial charge in [0.25, 0.3) is 5.91 Å². The van der Waals surface area contributed by atoms with Crippen LogP contribution in [0.5, 0.6) is 5.75 Å². The van der Waals surface area contributed by atoms with Gasteiger partial charge >= 0.3 is 5.97 Å². The Morgan fingerprint density at radius 3 is 2.35 bits per heavy atom. The molecule has 3 N–H and O–H groups in total. The van der Waals surface area contributed by atoms with Gasteiger partial charge < -0.3 is 20.5 Å². The fourth-order valence-electron chi connectivity index (χ4n) is 2.17. The van der Waals surface area contributed by atoms with E-state index < -0.39 is 5.97 Å². The van der Waals surface area contributed by atoms with Gasteiger partial charge in [-0.2, -0.15) is 0 Å². The second-order valence-electron chi connectivity index (χ2n) is 4.73. The SMILES string of the molecule is COC(=O)c1ccc(NC(=O)c2cccc(CN)c2OC)cc1. The Morgan fingerprint density at radius 1 is 1.09 bits per heavy atom. The fourth-order valence-corrected chi connectivity index (χ4v) is 2.17. The molecule has 6 heteroatoms. The molecule has 0 unspecified atom stereocenters. The molecule has 0 atom stereocenters. The minimum atomic E-state index is -0.430. The van der Waals surface area contributed by atoms with E-state index in [1.54, 1.807) is 42.5 Å². The third-order valence-electron chi connectivity index (χ3n) is 3.33. The summed E-state index contributed by atoms with van der Waals surface area (Å²) >= 11 is 0. The number of ether oxygens (including phenoxy) is 2. The minimum absolute atomic E-state index is 0.276. The smallest absolute Gasteiger partial charge is 0.337 e. The molecule has 120 valence electrons. The summed E-state index contributed by atoms with van der Waals surface area (Å²) in [6.45, 7) is 0.276. The van der Waals surface area contributed by atoms with Gasteiger partial charge in [-0.25, -0.2) is 4.79 Å². The van der Waals surface area contributed by atoms with E-state index in [-0.39, 0.29) is 12.5 Å². The molecular formula is C17H18N2O4. The molecule has 0 heterocycles. The lowest BCUT2D eigenvalue weighted by Gasteiger charge is -2.12. The standard InChI is InChI=1S/C17H18N2O4/c1-22-15-12(10-18)4-3-5-14(15)16(20)19-13-8-6-11(7-9-13)17(21)23-2/h3-9H,10,18H2,1-2H3,(H,19,20). The molecule has 2 rings (SSSR count). The Kier molecular flexibility index (Phi) is 5.32. The number of methoxy groups -OCH3 is 2. The number of esters is 1. The van der Waals surface area contributed by atoms with Gasteiger partial charge in [0, 0.05) is 17.8 Å². The van der Waals surface area contributed by atoms with Gasteiger partial charge in [-0.3, -0.25) is 4.79 Å². The average Bonchev–Trinajstić information content (AvgIpc) is 2.60. The monoisotopic (exact) mass is 314 g/mol. The van der Waals surface area contributed by atoms with Crippen molar-refractivity contribution in [2.75, 3.05) is 19.5 Å². The predicted molar refractivity (Wildman–Crippen MR) is 86.6 cm³/mol. The van der Waals surface area contributed by atoms with E-state index in [1.807, 2.05) is 0 Å². The molecule has 0 saturated heterocycles. The van der Waals surface area contributed by atoms with E-state index in [0.717, 1.165) is 5.56 Å². The van der Waals surface area contributed by atoms with Crippen molar-refractivity contribution in [2.24, 2.45) is 5.73 Å². The lowest BCUT2D eigenvalue weighted by atomic mass is 10.1. The summed E-state index contributed by atoms with van der Waals surface area (Å²) in [4.78, 5) is 23.8. The number of benzene rings is 2. The predicted octanol–water partition coefficient (Wildman–Crippen LogP) is 2.19. The summed E-state index contributed by atoms with van der Waals surface area (Å²) in [6.07, 6.45) is 0. The van der Waals surface area contributed by atoms with Gasteiger partial charge in [0.1, 0.15) is 5.75 Å². The summed E-state index contributed by atoms with van der Waals surface area (Å²) < 4.78 is 9.92. The third kappa shape index (κ3) is 3.67. The van der Waals surface area contributed by atoms with Crippen molar-refractivity contribution in [2.45, 2.75) is 6.54 Å². The second kappa shape index (κ2) is 7.42. The molecule has 0 radical (unpaired) electrons. The maximum atomic E-state index is 12.4. The van der Waals surface area contributed by atoms with E-state index in [0.29, 0.717) is 22.6 Å². The summed E-state index contributed by atoms with van der Waals surface area (Å²) in [7, 11) is 2.81. The Hall–Kier alpha value is -2.86. The zero-order valence-corrected chi connectivity index (χ0v) is 13.0. The van der Waals surface area contributed by atoms with Crippen LogP contribution >= 0.6 is 0 Å². The van der Waals surface area contributed by atoms with Gasteiger partial charge in [-0.05, 0) is 30.3 Å². The number of amides is 1. The van der Waals surface area contributed by atoms with Gasteiger partial charge in [0.15, 0.2) is 0 Å². The molecule has 0 aliphatic heterocycles. The Labute approximate surface area is 134 Å². The average molecular weight is 314 g/mol. The largest absolute Gasteiger partial charge is 0.496 e. The zero-order valence-electron chi connectivity index (χ0n) is 13.0. The van der Waals surface area contributed by atoms with Crippen LogP contribution in [0.1, 0.15) is 26.3 Å². The highest BCUT2D eigenvalue weighted by Crippen LogP contribution is 2.24. The molecule has 0 fully saturated rings. The van der Waals surface area contributed by atoms with Crippen LogP contribution < -0.4 is 15.8 Å². The van der Waals surface area contributed by atoms with Crippen molar-refractivity contribution in [3.8, 4) is 5.75 Å². The van der Waals surface area contributed by atoms with Crippen LogP contribution in [0.25, 0.3) is 0 Å². The fraction of sp³-hybridized carbons (Fsp3) is 0.176. The number of carbonyl (C=O) groups is 2. The highest BCUT2D eigenvalue weighted by atomic mass is 16.5. The van der Waals surface area contributed by atoms with Gasteiger partial charge in [0.2, 0.25) is 0 Å². The first kappa shape index (κ1) is 16.5. The first-order valence-electron chi connectivity index (χ1n) is 6.96. The number of rotatable bonds is 5. The Morgan fingerprint density at radius 2 is 1.78 bits per heavy atom. The van der Waals surface area contributed by atoms with Crippen LogP contribution in [0.4, 0.5) is 5.69 Å². The highest BCUT2D eigenvalue weighted by molar-refractivity contribution is 6.06. The van der Waals surface area contributed by atoms with E-state index >= 15 is 0 Å². The third-order valence-corrected chi connectivity index (χ3v) is 3.33. The van der Waals surface area contributed by atoms with Crippen molar-refractivity contribution in [1.29, 1.82) is 0 Å². The van der Waals surface area contributed by atoms with Gasteiger partial charge in [-0.1, -0.05) is 12.1 Å². The molecule has 0 aromatic heterocycles. The zero-order chi connectivity index (χ0) is 16.8. The van der Waals surface area contributed by atoms with Crippen molar-refractivity contribution in [3.63, 3.8) is 0 Å². The van der Waals surface area contributed by atoms with E-state index in [2.05, 4.69) is 10.1 Å². The normalized spacial score (nSPS) is 10.0. The molecule has 0 aliphatic carbocycles. The number of nitrogens with two attached hydrogens (primary N) is 1. The summed E-state index contributed by atoms with van der Waals surface area (Å²) in [6, 6.07) is 11.6. The quantitative estimate of drug-likeness (QED) is 0.826. The number of para-hydroxylation sites is 1. The molecule has 2 aromatic carbocycles. The van der Waals surface area contributed by atoms with Crippen molar-refractivity contribution < 1.29 is 19.1 Å². The summed E-state index contributed by atoms with van der Waals surface area (Å²) in [5.74, 6) is -0.290. The number of hydrogen-bond acceptors (Lipinski definition) is 5. The van der Waals surface area contributed by atoms with Crippen LogP contribution in [0.2, 0.25) is 0 Å². The lowest BCUT2D eigenvalue weighted by molar-refractivity contribution is 0.0600. The summed E-state index contributed by atoms with van der Waals surface area (Å²) in [5, 5.41) is 2.76. The maximum Gasteiger partial charge on any atom is 0.337 e. The molecule has 6 nitrogen and oxygen atoms in total. The molecule has 0 bridgehead atoms. The van der Waals surface area contributed by atoms with E-state index in [4.69, 9.17) is 10.5 Å². The van der Waals surface area contributed by atoms with E-state index in [9.17, 15) is 9.59 Å². The lowest BCUT2D eigenvalue weighted by Crippen LogP contribution is -2.15. The van der Waals surface area contributed by atoms with Crippen LogP contribution in [-0.4, -0.2) is 26.1 Å². The minimum Gasteiger partial charge on any atom is -0.496 e. The van der Waals surface area contributed by atoms with Crippen molar-refractivity contribution >= 4 is 17.6 Å². The molecule has 23 heavy (non-hydrogen) atoms.